The number of primary amides is 1. The first-order valence-corrected chi connectivity index (χ1v) is 9.51. The third-order valence-corrected chi connectivity index (χ3v) is 4.19. The van der Waals surface area contributed by atoms with E-state index in [2.05, 4.69) is 5.32 Å². The summed E-state index contributed by atoms with van der Waals surface area (Å²) in [5.41, 5.74) is 6.79. The van der Waals surface area contributed by atoms with Crippen LogP contribution in [-0.4, -0.2) is 41.5 Å². The van der Waals surface area contributed by atoms with Crippen molar-refractivity contribution < 1.29 is 28.9 Å². The van der Waals surface area contributed by atoms with Gasteiger partial charge in [-0.15, -0.1) is 0 Å². The van der Waals surface area contributed by atoms with Gasteiger partial charge in [0, 0.05) is 18.9 Å². The normalized spacial score (nSPS) is 22.2. The van der Waals surface area contributed by atoms with Crippen molar-refractivity contribution in [1.29, 1.82) is 0 Å². The highest BCUT2D eigenvalue weighted by Crippen LogP contribution is 2.31. The lowest BCUT2D eigenvalue weighted by Gasteiger charge is -2.32. The van der Waals surface area contributed by atoms with E-state index in [0.29, 0.717) is 5.75 Å². The molecule has 0 bridgehead atoms. The molecule has 3 atom stereocenters. The highest BCUT2D eigenvalue weighted by Gasteiger charge is 2.33. The van der Waals surface area contributed by atoms with Crippen LogP contribution in [0.3, 0.4) is 0 Å². The number of rotatable bonds is 8. The molecule has 28 heavy (non-hydrogen) atoms. The molecule has 0 saturated carbocycles. The highest BCUT2D eigenvalue weighted by atomic mass is 16.7. The van der Waals surface area contributed by atoms with Gasteiger partial charge in [-0.3, -0.25) is 9.59 Å². The number of nitrogens with two attached hydrogens (primary N) is 1. The Kier molecular flexibility index (Phi) is 7.65. The van der Waals surface area contributed by atoms with Crippen LogP contribution in [0, 0.1) is 5.92 Å². The van der Waals surface area contributed by atoms with E-state index in [0.717, 1.165) is 11.3 Å². The Hall–Kier alpha value is -2.32. The molecular formula is C20H30N2O6. The van der Waals surface area contributed by atoms with Crippen LogP contribution in [0.1, 0.15) is 46.1 Å². The van der Waals surface area contributed by atoms with Gasteiger partial charge >= 0.3 is 5.97 Å². The molecule has 0 radical (unpaired) electrons. The molecule has 1 fully saturated rings. The second-order valence-corrected chi connectivity index (χ2v) is 7.59. The first kappa shape index (κ1) is 22.0. The van der Waals surface area contributed by atoms with E-state index in [-0.39, 0.29) is 37.4 Å². The average molecular weight is 394 g/mol. The Morgan fingerprint density at radius 1 is 1.29 bits per heavy atom. The van der Waals surface area contributed by atoms with Gasteiger partial charge in [0.25, 0.3) is 0 Å². The molecule has 3 unspecified atom stereocenters. The zero-order valence-electron chi connectivity index (χ0n) is 16.8. The largest absolute Gasteiger partial charge is 0.463 e. The third kappa shape index (κ3) is 6.38. The number of ether oxygens (including phenoxy) is 3. The van der Waals surface area contributed by atoms with Gasteiger partial charge in [-0.1, -0.05) is 19.9 Å². The quantitative estimate of drug-likeness (QED) is 0.576. The number of hydrogen-bond acceptors (Lipinski definition) is 7. The molecule has 1 saturated heterocycles. The molecule has 1 amide bonds. The number of benzene rings is 1. The Labute approximate surface area is 165 Å². The highest BCUT2D eigenvalue weighted by molar-refractivity contribution is 5.79. The molecule has 0 aliphatic carbocycles. The first-order chi connectivity index (χ1) is 13.2. The van der Waals surface area contributed by atoms with Crippen molar-refractivity contribution in [2.24, 2.45) is 11.7 Å². The smallest absolute Gasteiger partial charge is 0.308 e. The molecular weight excluding hydrogens is 364 g/mol. The van der Waals surface area contributed by atoms with Crippen LogP contribution >= 0.6 is 0 Å². The Morgan fingerprint density at radius 2 is 2.00 bits per heavy atom. The van der Waals surface area contributed by atoms with Gasteiger partial charge in [-0.2, -0.15) is 0 Å². The second kappa shape index (κ2) is 9.75. The summed E-state index contributed by atoms with van der Waals surface area (Å²) in [6, 6.07) is 5.58. The van der Waals surface area contributed by atoms with Crippen LogP contribution in [0.2, 0.25) is 0 Å². The van der Waals surface area contributed by atoms with Gasteiger partial charge in [-0.05, 0) is 31.5 Å². The average Bonchev–Trinajstić information content (AvgIpc) is 2.60. The predicted molar refractivity (Wildman–Crippen MR) is 104 cm³/mol. The minimum absolute atomic E-state index is 0.118. The Morgan fingerprint density at radius 3 is 2.61 bits per heavy atom. The zero-order valence-corrected chi connectivity index (χ0v) is 16.8. The van der Waals surface area contributed by atoms with Crippen molar-refractivity contribution in [3.05, 3.63) is 23.8 Å². The van der Waals surface area contributed by atoms with Gasteiger partial charge in [0.15, 0.2) is 0 Å². The minimum atomic E-state index is -0.898. The number of nitrogens with one attached hydrogen (secondary N) is 1. The second-order valence-electron chi connectivity index (χ2n) is 7.59. The number of aliphatic hydroxyl groups excluding tert-OH is 1. The van der Waals surface area contributed by atoms with Crippen molar-refractivity contribution in [2.45, 2.75) is 71.7 Å². The van der Waals surface area contributed by atoms with E-state index in [9.17, 15) is 14.7 Å². The number of esters is 1. The van der Waals surface area contributed by atoms with Crippen molar-refractivity contribution in [1.82, 2.24) is 0 Å². The maximum Gasteiger partial charge on any atom is 0.308 e. The van der Waals surface area contributed by atoms with Crippen LogP contribution in [-0.2, 0) is 25.7 Å². The number of hydrogen-bond donors (Lipinski definition) is 3. The van der Waals surface area contributed by atoms with E-state index in [1.807, 2.05) is 26.0 Å². The standard InChI is InChI=1S/C20H30N2O6/c1-11(2)20(25)26-10-13-5-6-15(22-12(3)4)16(7-13)27-18-9-14(23)8-17(28-18)19(21)24/h5-7,11-12,14,17-18,22-23H,8-10H2,1-4H3,(H2,21,24). The van der Waals surface area contributed by atoms with E-state index < -0.39 is 24.4 Å². The minimum Gasteiger partial charge on any atom is -0.463 e. The van der Waals surface area contributed by atoms with Crippen LogP contribution in [0.15, 0.2) is 18.2 Å². The monoisotopic (exact) mass is 394 g/mol. The van der Waals surface area contributed by atoms with Crippen molar-refractivity contribution in [3.63, 3.8) is 0 Å². The molecule has 2 rings (SSSR count). The van der Waals surface area contributed by atoms with Crippen LogP contribution < -0.4 is 15.8 Å². The Balaban J connectivity index is 2.17. The molecule has 0 spiro atoms. The van der Waals surface area contributed by atoms with Gasteiger partial charge in [0.05, 0.1) is 17.7 Å². The molecule has 8 heteroatoms. The summed E-state index contributed by atoms with van der Waals surface area (Å²) in [4.78, 5) is 23.1. The summed E-state index contributed by atoms with van der Waals surface area (Å²) in [6.07, 6.45) is -2.09. The summed E-state index contributed by atoms with van der Waals surface area (Å²) in [7, 11) is 0. The lowest BCUT2D eigenvalue weighted by molar-refractivity contribution is -0.182. The maximum atomic E-state index is 11.7. The van der Waals surface area contributed by atoms with Crippen LogP contribution in [0.5, 0.6) is 5.75 Å². The molecule has 4 N–H and O–H groups in total. The SMILES string of the molecule is CC(C)Nc1ccc(COC(=O)C(C)C)cc1OC1CC(O)CC(C(N)=O)O1. The van der Waals surface area contributed by atoms with Gasteiger partial charge in [-0.25, -0.2) is 0 Å². The molecule has 0 aromatic heterocycles. The maximum absolute atomic E-state index is 11.7. The fourth-order valence-corrected chi connectivity index (χ4v) is 2.77. The summed E-state index contributed by atoms with van der Waals surface area (Å²) in [6.45, 7) is 7.65. The zero-order chi connectivity index (χ0) is 20.8. The number of carbonyl (C=O) groups is 2. The lowest BCUT2D eigenvalue weighted by Crippen LogP contribution is -2.45. The molecule has 1 aromatic carbocycles. The number of aliphatic hydroxyl groups is 1. The topological polar surface area (TPSA) is 120 Å². The van der Waals surface area contributed by atoms with Crippen molar-refractivity contribution >= 4 is 17.6 Å². The number of anilines is 1. The summed E-state index contributed by atoms with van der Waals surface area (Å²) >= 11 is 0. The van der Waals surface area contributed by atoms with Crippen LogP contribution in [0.25, 0.3) is 0 Å². The van der Waals surface area contributed by atoms with E-state index >= 15 is 0 Å². The molecule has 156 valence electrons. The van der Waals surface area contributed by atoms with Crippen molar-refractivity contribution in [3.8, 4) is 5.75 Å². The van der Waals surface area contributed by atoms with Gasteiger partial charge < -0.3 is 30.4 Å². The number of amides is 1. The van der Waals surface area contributed by atoms with E-state index in [1.165, 1.54) is 0 Å². The van der Waals surface area contributed by atoms with Crippen LogP contribution in [0.4, 0.5) is 5.69 Å². The Bertz CT molecular complexity index is 691. The van der Waals surface area contributed by atoms with Gasteiger partial charge in [0.2, 0.25) is 12.2 Å². The number of carbonyl (C=O) groups excluding carboxylic acids is 2. The van der Waals surface area contributed by atoms with Crippen molar-refractivity contribution in [2.75, 3.05) is 5.32 Å². The first-order valence-electron chi connectivity index (χ1n) is 9.51. The lowest BCUT2D eigenvalue weighted by atomic mass is 10.0. The third-order valence-electron chi connectivity index (χ3n) is 4.19. The summed E-state index contributed by atoms with van der Waals surface area (Å²) in [5.74, 6) is -0.647. The predicted octanol–water partition coefficient (Wildman–Crippen LogP) is 1.94. The fourth-order valence-electron chi connectivity index (χ4n) is 2.77. The van der Waals surface area contributed by atoms with E-state index in [1.54, 1.807) is 19.9 Å². The molecule has 1 aliphatic heterocycles. The molecule has 1 aromatic rings. The molecule has 1 aliphatic rings. The summed E-state index contributed by atoms with van der Waals surface area (Å²) in [5, 5.41) is 13.3. The fraction of sp³-hybridized carbons (Fsp3) is 0.600. The summed E-state index contributed by atoms with van der Waals surface area (Å²) < 4.78 is 16.8. The molecule has 1 heterocycles. The van der Waals surface area contributed by atoms with Gasteiger partial charge in [0.1, 0.15) is 18.5 Å². The molecule has 8 nitrogen and oxygen atoms in total. The van der Waals surface area contributed by atoms with E-state index in [4.69, 9.17) is 19.9 Å².